The molecule has 0 spiro atoms. The van der Waals surface area contributed by atoms with Crippen LogP contribution in [0.25, 0.3) is 83.9 Å². The fourth-order valence-corrected chi connectivity index (χ4v) is 9.29. The first-order valence-corrected chi connectivity index (χ1v) is 23.2. The molecular weight excluding hydrogens is 1010 g/mol. The number of hydrogen-bond donors (Lipinski definition) is 1. The average molecular weight is 1070 g/mol. The summed E-state index contributed by atoms with van der Waals surface area (Å²) in [6.45, 7) is 8.29. The second-order valence-corrected chi connectivity index (χ2v) is 18.1. The maximum Gasteiger partial charge on any atom is 0.148 e. The Morgan fingerprint density at radius 3 is 1.88 bits per heavy atom. The van der Waals surface area contributed by atoms with Gasteiger partial charge in [0, 0.05) is 54.1 Å². The van der Waals surface area contributed by atoms with Crippen LogP contribution in [0.1, 0.15) is 84.3 Å². The Hall–Kier alpha value is -7.13. The number of rotatable bonds is 11. The van der Waals surface area contributed by atoms with Crippen LogP contribution in [0.15, 0.2) is 194 Å². The molecule has 2 aromatic heterocycles. The molecule has 338 valence electrons. The summed E-state index contributed by atoms with van der Waals surface area (Å²) < 4.78 is 28.7. The summed E-state index contributed by atoms with van der Waals surface area (Å²) in [7, 11) is 0. The second-order valence-electron chi connectivity index (χ2n) is 18.1. The van der Waals surface area contributed by atoms with Gasteiger partial charge in [-0.3, -0.25) is 9.55 Å². The fraction of sp³-hybridized carbons (Fsp3) is 0.143. The molecule has 0 aliphatic rings. The molecule has 5 heteroatoms. The van der Waals surface area contributed by atoms with Gasteiger partial charge in [0.2, 0.25) is 0 Å². The van der Waals surface area contributed by atoms with Gasteiger partial charge >= 0.3 is 0 Å². The molecule has 10 aromatic rings. The summed E-state index contributed by atoms with van der Waals surface area (Å²) >= 11 is 0. The van der Waals surface area contributed by atoms with E-state index in [0.29, 0.717) is 28.2 Å². The Bertz CT molecular complexity index is 3510. The van der Waals surface area contributed by atoms with Crippen LogP contribution in [0.3, 0.4) is 0 Å². The smallest absolute Gasteiger partial charge is 0.148 e. The Morgan fingerprint density at radius 2 is 1.16 bits per heavy atom. The van der Waals surface area contributed by atoms with Crippen molar-refractivity contribution >= 4 is 11.0 Å². The number of hydrogen-bond acceptors (Lipinski definition) is 3. The molecule has 0 aliphatic carbocycles. The van der Waals surface area contributed by atoms with Gasteiger partial charge in [0.15, 0.2) is 0 Å². The Morgan fingerprint density at radius 1 is 0.529 bits per heavy atom. The summed E-state index contributed by atoms with van der Waals surface area (Å²) in [5.74, 6) is 1.22. The topological polar surface area (TPSA) is 50.9 Å². The Labute approximate surface area is 419 Å². The van der Waals surface area contributed by atoms with Gasteiger partial charge in [-0.05, 0) is 81.4 Å². The van der Waals surface area contributed by atoms with Gasteiger partial charge in [-0.1, -0.05) is 209 Å². The van der Waals surface area contributed by atoms with Crippen molar-refractivity contribution < 1.29 is 30.3 Å². The van der Waals surface area contributed by atoms with E-state index < -0.39 is 6.85 Å². The van der Waals surface area contributed by atoms with E-state index in [1.165, 1.54) is 5.56 Å². The normalized spacial score (nSPS) is 12.7. The maximum absolute atomic E-state index is 12.3. The van der Waals surface area contributed by atoms with Crippen LogP contribution in [0, 0.1) is 12.9 Å². The molecule has 0 bridgehead atoms. The second kappa shape index (κ2) is 19.6. The maximum atomic E-state index is 12.3. The van der Waals surface area contributed by atoms with Gasteiger partial charge in [-0.25, -0.2) is 4.98 Å². The minimum absolute atomic E-state index is 0. The zero-order valence-corrected chi connectivity index (χ0v) is 41.1. The number of phenols is 1. The number of nitrogens with zero attached hydrogens (tertiary/aromatic N) is 3. The zero-order chi connectivity index (χ0) is 48.7. The molecule has 0 radical (unpaired) electrons. The fourth-order valence-electron chi connectivity index (χ4n) is 9.29. The summed E-state index contributed by atoms with van der Waals surface area (Å²) in [4.78, 5) is 10.6. The van der Waals surface area contributed by atoms with E-state index in [0.717, 1.165) is 72.4 Å². The molecule has 2 heterocycles. The third-order valence-electron chi connectivity index (χ3n) is 13.0. The predicted octanol–water partition coefficient (Wildman–Crippen LogP) is 16.6. The van der Waals surface area contributed by atoms with E-state index in [4.69, 9.17) is 14.1 Å². The monoisotopic (exact) mass is 1070 g/mol. The van der Waals surface area contributed by atoms with E-state index in [9.17, 15) is 5.11 Å². The number of imidazole rings is 1. The van der Waals surface area contributed by atoms with Crippen LogP contribution in [0.5, 0.6) is 5.75 Å². The standard InChI is InChI=1S/C63H54N3O.Pt/c1-40(2)49-37-55(41(3)4)62(67)56(38-49)63-65-61-54(29-19-31-60(61)66(63)59-30-17-16-28-53(59)46-24-14-9-15-25-46)51-34-50(45-22-12-8-13-23-45)35-52(36-51)58-32-42(5)57(39-64-58)48-27-18-26-47(33-48)43(6)44-20-10-7-11-21-44;/h7-35,37-41,43,67H,1-6H3;/q-1;/i5D3;. The minimum atomic E-state index is -2.44. The molecule has 0 amide bonds. The van der Waals surface area contributed by atoms with Crippen molar-refractivity contribution in [2.75, 3.05) is 0 Å². The van der Waals surface area contributed by atoms with Crippen molar-refractivity contribution in [3.05, 3.63) is 228 Å². The molecular formula is C63H54N3OPt-. The molecule has 10 rings (SSSR count). The number of aromatic nitrogens is 3. The SMILES string of the molecule is [2H]C([2H])([2H])c1cc(-c2[c-]c(-c3cccc4c3nc(-c3cc(C(C)C)cc(C(C)C)c3O)n4-c3ccccc3-c3ccccc3)cc(-c3ccccc3)c2)ncc1-c1cccc(C(C)c2ccccc2)c1.[Pt]. The molecule has 4 nitrogen and oxygen atoms in total. The molecule has 0 aliphatic heterocycles. The number of para-hydroxylation sites is 2. The third kappa shape index (κ3) is 8.90. The van der Waals surface area contributed by atoms with Crippen molar-refractivity contribution in [1.82, 2.24) is 14.5 Å². The van der Waals surface area contributed by atoms with E-state index in [1.54, 1.807) is 12.3 Å². The average Bonchev–Trinajstić information content (AvgIpc) is 3.78. The van der Waals surface area contributed by atoms with Crippen LogP contribution in [-0.4, -0.2) is 19.6 Å². The first-order chi connectivity index (χ1) is 33.8. The Kier molecular flexibility index (Phi) is 12.2. The number of phenolic OH excluding ortho intramolecular Hbond substituents is 1. The van der Waals surface area contributed by atoms with Crippen LogP contribution in [0.2, 0.25) is 0 Å². The van der Waals surface area contributed by atoms with Crippen LogP contribution in [-0.2, 0) is 21.1 Å². The van der Waals surface area contributed by atoms with Crippen LogP contribution in [0.4, 0.5) is 0 Å². The van der Waals surface area contributed by atoms with E-state index in [2.05, 4.69) is 142 Å². The predicted molar refractivity (Wildman–Crippen MR) is 279 cm³/mol. The van der Waals surface area contributed by atoms with Gasteiger partial charge in [-0.15, -0.1) is 23.8 Å². The van der Waals surface area contributed by atoms with Crippen LogP contribution >= 0.6 is 0 Å². The van der Waals surface area contributed by atoms with Crippen LogP contribution < -0.4 is 0 Å². The molecule has 0 saturated carbocycles. The summed E-state index contributed by atoms with van der Waals surface area (Å²) in [5, 5.41) is 12.3. The number of aromatic hydroxyl groups is 1. The molecule has 1 N–H and O–H groups in total. The first-order valence-electron chi connectivity index (χ1n) is 24.7. The number of fused-ring (bicyclic) bond motifs is 1. The van der Waals surface area contributed by atoms with Gasteiger partial charge in [-0.2, -0.15) is 0 Å². The summed E-state index contributed by atoms with van der Waals surface area (Å²) in [6.07, 6.45) is 1.70. The van der Waals surface area contributed by atoms with E-state index in [-0.39, 0.29) is 50.1 Å². The number of pyridine rings is 1. The molecule has 1 atom stereocenters. The van der Waals surface area contributed by atoms with Crippen molar-refractivity contribution in [3.63, 3.8) is 0 Å². The molecule has 0 saturated heterocycles. The quantitative estimate of drug-likeness (QED) is 0.131. The summed E-state index contributed by atoms with van der Waals surface area (Å²) in [6, 6.07) is 67.3. The van der Waals surface area contributed by atoms with Gasteiger partial charge in [0.25, 0.3) is 0 Å². The first kappa shape index (κ1) is 42.2. The van der Waals surface area contributed by atoms with E-state index >= 15 is 0 Å². The Balaban J connectivity index is 0.00000624. The van der Waals surface area contributed by atoms with Crippen molar-refractivity contribution in [3.8, 4) is 78.6 Å². The third-order valence-corrected chi connectivity index (χ3v) is 13.0. The number of aryl methyl sites for hydroxylation is 1. The van der Waals surface area contributed by atoms with Crippen molar-refractivity contribution in [1.29, 1.82) is 0 Å². The number of benzene rings is 8. The molecule has 68 heavy (non-hydrogen) atoms. The largest absolute Gasteiger partial charge is 0.507 e. The van der Waals surface area contributed by atoms with Crippen molar-refractivity contribution in [2.45, 2.75) is 59.2 Å². The summed E-state index contributed by atoms with van der Waals surface area (Å²) in [5.41, 5.74) is 15.7. The molecule has 8 aromatic carbocycles. The van der Waals surface area contributed by atoms with Crippen molar-refractivity contribution in [2.24, 2.45) is 0 Å². The van der Waals surface area contributed by atoms with Gasteiger partial charge in [0.1, 0.15) is 11.6 Å². The molecule has 1 unspecified atom stereocenters. The molecule has 0 fully saturated rings. The van der Waals surface area contributed by atoms with Gasteiger partial charge < -0.3 is 5.11 Å². The van der Waals surface area contributed by atoms with Gasteiger partial charge in [0.05, 0.1) is 22.3 Å². The minimum Gasteiger partial charge on any atom is -0.507 e. The zero-order valence-electron chi connectivity index (χ0n) is 41.8. The van der Waals surface area contributed by atoms with E-state index in [1.807, 2.05) is 84.9 Å².